The number of benzene rings is 1. The lowest BCUT2D eigenvalue weighted by Gasteiger charge is -2.08. The lowest BCUT2D eigenvalue weighted by atomic mass is 10.1. The van der Waals surface area contributed by atoms with E-state index >= 15 is 0 Å². The zero-order valence-electron chi connectivity index (χ0n) is 8.87. The summed E-state index contributed by atoms with van der Waals surface area (Å²) in [6.45, 7) is 2.68. The van der Waals surface area contributed by atoms with E-state index in [0.717, 1.165) is 12.8 Å². The number of nitrogens with one attached hydrogen (secondary N) is 1. The highest BCUT2D eigenvalue weighted by Gasteiger charge is 2.10. The number of alkyl halides is 1. The molecule has 0 aliphatic rings. The van der Waals surface area contributed by atoms with E-state index in [2.05, 4.69) is 33.4 Å². The average Bonchev–Trinajstić information content (AvgIpc) is 2.29. The standard InChI is InChI=1S/C12H16BrNO/c1-2-11(13)12(15)14-9-8-10-6-4-3-5-7-10/h3-7,11H,2,8-9H2,1H3,(H,14,15)/t11-/m1/s1. The van der Waals surface area contributed by atoms with Gasteiger partial charge in [-0.1, -0.05) is 53.2 Å². The molecule has 0 bridgehead atoms. The van der Waals surface area contributed by atoms with E-state index in [1.165, 1.54) is 5.56 Å². The normalized spacial score (nSPS) is 12.1. The van der Waals surface area contributed by atoms with Gasteiger partial charge in [-0.05, 0) is 18.4 Å². The van der Waals surface area contributed by atoms with Gasteiger partial charge in [0, 0.05) is 6.54 Å². The van der Waals surface area contributed by atoms with E-state index in [9.17, 15) is 4.79 Å². The Bertz CT molecular complexity index is 300. The molecule has 0 saturated heterocycles. The van der Waals surface area contributed by atoms with Gasteiger partial charge >= 0.3 is 0 Å². The smallest absolute Gasteiger partial charge is 0.233 e. The molecule has 1 amide bonds. The molecule has 0 heterocycles. The predicted molar refractivity (Wildman–Crippen MR) is 66.2 cm³/mol. The Labute approximate surface area is 99.2 Å². The predicted octanol–water partition coefficient (Wildman–Crippen LogP) is 2.52. The Morgan fingerprint density at radius 3 is 2.67 bits per heavy atom. The number of carbonyl (C=O) groups is 1. The van der Waals surface area contributed by atoms with Crippen molar-refractivity contribution in [3.05, 3.63) is 35.9 Å². The van der Waals surface area contributed by atoms with Crippen LogP contribution in [0.4, 0.5) is 0 Å². The van der Waals surface area contributed by atoms with Crippen molar-refractivity contribution in [3.8, 4) is 0 Å². The van der Waals surface area contributed by atoms with Crippen LogP contribution in [0, 0.1) is 0 Å². The van der Waals surface area contributed by atoms with Crippen molar-refractivity contribution in [1.29, 1.82) is 0 Å². The summed E-state index contributed by atoms with van der Waals surface area (Å²) in [6, 6.07) is 10.1. The van der Waals surface area contributed by atoms with Crippen molar-refractivity contribution in [2.45, 2.75) is 24.6 Å². The van der Waals surface area contributed by atoms with Crippen molar-refractivity contribution in [3.63, 3.8) is 0 Å². The minimum absolute atomic E-state index is 0.0618. The number of carbonyl (C=O) groups excluding carboxylic acids is 1. The van der Waals surface area contributed by atoms with Crippen LogP contribution in [0.3, 0.4) is 0 Å². The lowest BCUT2D eigenvalue weighted by Crippen LogP contribution is -2.32. The summed E-state index contributed by atoms with van der Waals surface area (Å²) < 4.78 is 0. The summed E-state index contributed by atoms with van der Waals surface area (Å²) in [5, 5.41) is 2.90. The first-order valence-electron chi connectivity index (χ1n) is 5.19. The van der Waals surface area contributed by atoms with Gasteiger partial charge in [0.05, 0.1) is 4.83 Å². The first-order chi connectivity index (χ1) is 7.24. The highest BCUT2D eigenvalue weighted by molar-refractivity contribution is 9.10. The summed E-state index contributed by atoms with van der Waals surface area (Å²) >= 11 is 3.32. The molecule has 1 aromatic carbocycles. The number of halogens is 1. The van der Waals surface area contributed by atoms with Crippen molar-refractivity contribution < 1.29 is 4.79 Å². The van der Waals surface area contributed by atoms with Crippen LogP contribution in [0.1, 0.15) is 18.9 Å². The number of amides is 1. The molecule has 3 heteroatoms. The third-order valence-corrected chi connectivity index (χ3v) is 3.26. The van der Waals surface area contributed by atoms with E-state index in [4.69, 9.17) is 0 Å². The molecule has 0 saturated carbocycles. The van der Waals surface area contributed by atoms with E-state index in [1.807, 2.05) is 25.1 Å². The molecule has 0 unspecified atom stereocenters. The second-order valence-corrected chi connectivity index (χ2v) is 4.51. The van der Waals surface area contributed by atoms with Crippen molar-refractivity contribution in [2.75, 3.05) is 6.54 Å². The molecule has 1 aromatic rings. The fourth-order valence-corrected chi connectivity index (χ4v) is 1.43. The largest absolute Gasteiger partial charge is 0.355 e. The zero-order valence-corrected chi connectivity index (χ0v) is 10.5. The Kier molecular flexibility index (Phi) is 5.40. The molecule has 1 atom stereocenters. The first-order valence-corrected chi connectivity index (χ1v) is 6.11. The van der Waals surface area contributed by atoms with Crippen molar-refractivity contribution in [1.82, 2.24) is 5.32 Å². The molecule has 15 heavy (non-hydrogen) atoms. The average molecular weight is 270 g/mol. The van der Waals surface area contributed by atoms with Crippen LogP contribution in [-0.2, 0) is 11.2 Å². The first kappa shape index (κ1) is 12.2. The van der Waals surface area contributed by atoms with Crippen molar-refractivity contribution >= 4 is 21.8 Å². The Hall–Kier alpha value is -0.830. The minimum Gasteiger partial charge on any atom is -0.355 e. The third-order valence-electron chi connectivity index (χ3n) is 2.20. The quantitative estimate of drug-likeness (QED) is 0.818. The van der Waals surface area contributed by atoms with Gasteiger partial charge in [0.15, 0.2) is 0 Å². The summed E-state index contributed by atoms with van der Waals surface area (Å²) in [4.78, 5) is 11.3. The van der Waals surface area contributed by atoms with Gasteiger partial charge in [0.1, 0.15) is 0 Å². The van der Waals surface area contributed by atoms with Gasteiger partial charge in [0.2, 0.25) is 5.91 Å². The summed E-state index contributed by atoms with van der Waals surface area (Å²) in [5.74, 6) is 0.0773. The molecule has 1 rings (SSSR count). The molecule has 0 aromatic heterocycles. The maximum absolute atomic E-state index is 11.4. The minimum atomic E-state index is -0.0618. The summed E-state index contributed by atoms with van der Waals surface area (Å²) in [5.41, 5.74) is 1.25. The highest BCUT2D eigenvalue weighted by atomic mass is 79.9. The Balaban J connectivity index is 2.25. The fourth-order valence-electron chi connectivity index (χ4n) is 1.27. The van der Waals surface area contributed by atoms with E-state index in [0.29, 0.717) is 6.54 Å². The van der Waals surface area contributed by atoms with Crippen LogP contribution in [0.15, 0.2) is 30.3 Å². The number of hydrogen-bond acceptors (Lipinski definition) is 1. The van der Waals surface area contributed by atoms with Gasteiger partial charge in [-0.25, -0.2) is 0 Å². The second kappa shape index (κ2) is 6.62. The van der Waals surface area contributed by atoms with Crippen LogP contribution >= 0.6 is 15.9 Å². The number of hydrogen-bond donors (Lipinski definition) is 1. The molecule has 2 nitrogen and oxygen atoms in total. The van der Waals surface area contributed by atoms with Gasteiger partial charge in [-0.2, -0.15) is 0 Å². The molecular formula is C12H16BrNO. The molecule has 0 fully saturated rings. The number of rotatable bonds is 5. The Morgan fingerprint density at radius 2 is 2.07 bits per heavy atom. The van der Waals surface area contributed by atoms with Gasteiger partial charge in [0.25, 0.3) is 0 Å². The van der Waals surface area contributed by atoms with Crippen LogP contribution in [0.5, 0.6) is 0 Å². The maximum atomic E-state index is 11.4. The van der Waals surface area contributed by atoms with Crippen LogP contribution in [0.2, 0.25) is 0 Å². The van der Waals surface area contributed by atoms with Crippen LogP contribution in [-0.4, -0.2) is 17.3 Å². The summed E-state index contributed by atoms with van der Waals surface area (Å²) in [6.07, 6.45) is 1.70. The lowest BCUT2D eigenvalue weighted by molar-refractivity contribution is -0.120. The van der Waals surface area contributed by atoms with Gasteiger partial charge in [-0.3, -0.25) is 4.79 Å². The van der Waals surface area contributed by atoms with Gasteiger partial charge in [-0.15, -0.1) is 0 Å². The summed E-state index contributed by atoms with van der Waals surface area (Å²) in [7, 11) is 0. The van der Waals surface area contributed by atoms with Crippen LogP contribution < -0.4 is 5.32 Å². The maximum Gasteiger partial charge on any atom is 0.233 e. The SMILES string of the molecule is CC[C@@H](Br)C(=O)NCCc1ccccc1. The second-order valence-electron chi connectivity index (χ2n) is 3.40. The Morgan fingerprint density at radius 1 is 1.40 bits per heavy atom. The van der Waals surface area contributed by atoms with Crippen LogP contribution in [0.25, 0.3) is 0 Å². The molecule has 0 aliphatic carbocycles. The van der Waals surface area contributed by atoms with Gasteiger partial charge < -0.3 is 5.32 Å². The molecule has 0 radical (unpaired) electrons. The van der Waals surface area contributed by atoms with E-state index in [1.54, 1.807) is 0 Å². The van der Waals surface area contributed by atoms with E-state index < -0.39 is 0 Å². The molecule has 0 spiro atoms. The molecule has 82 valence electrons. The zero-order chi connectivity index (χ0) is 11.1. The fraction of sp³-hybridized carbons (Fsp3) is 0.417. The molecular weight excluding hydrogens is 254 g/mol. The monoisotopic (exact) mass is 269 g/mol. The molecule has 0 aliphatic heterocycles. The topological polar surface area (TPSA) is 29.1 Å². The third kappa shape index (κ3) is 4.47. The molecule has 1 N–H and O–H groups in total. The van der Waals surface area contributed by atoms with Crippen molar-refractivity contribution in [2.24, 2.45) is 0 Å². The van der Waals surface area contributed by atoms with E-state index in [-0.39, 0.29) is 10.7 Å². The highest BCUT2D eigenvalue weighted by Crippen LogP contribution is 2.04.